The van der Waals surface area contributed by atoms with Gasteiger partial charge in [0.25, 0.3) is 0 Å². The second-order valence-corrected chi connectivity index (χ2v) is 6.19. The summed E-state index contributed by atoms with van der Waals surface area (Å²) >= 11 is 1.62. The number of fused-ring (bicyclic) bond motifs is 1. The van der Waals surface area contributed by atoms with Crippen LogP contribution < -0.4 is 5.32 Å². The minimum atomic E-state index is 0.458. The van der Waals surface area contributed by atoms with E-state index >= 15 is 0 Å². The summed E-state index contributed by atoms with van der Waals surface area (Å²) in [6.07, 6.45) is 2.14. The number of aromatic nitrogens is 2. The van der Waals surface area contributed by atoms with Gasteiger partial charge in [-0.15, -0.1) is 11.3 Å². The molecule has 3 aromatic rings. The molecule has 4 rings (SSSR count). The van der Waals surface area contributed by atoms with Crippen LogP contribution in [0, 0.1) is 0 Å². The highest BCUT2D eigenvalue weighted by Gasteiger charge is 2.21. The van der Waals surface area contributed by atoms with Gasteiger partial charge in [-0.1, -0.05) is 35.5 Å². The first-order chi connectivity index (χ1) is 10.4. The predicted molar refractivity (Wildman–Crippen MR) is 82.1 cm³/mol. The van der Waals surface area contributed by atoms with Crippen molar-refractivity contribution in [3.8, 4) is 10.7 Å². The van der Waals surface area contributed by atoms with Crippen LogP contribution in [0.4, 0.5) is 0 Å². The van der Waals surface area contributed by atoms with Crippen molar-refractivity contribution in [3.63, 3.8) is 0 Å². The molecule has 106 valence electrons. The standard InChI is InChI=1S/C16H15N3OS/c1-2-5-12-9-13(8-11(12)4-1)17-10-15-18-16(19-20-15)14-6-3-7-21-14/h1-7,13,17H,8-10H2. The number of hydrogen-bond donors (Lipinski definition) is 1. The van der Waals surface area contributed by atoms with E-state index in [2.05, 4.69) is 39.7 Å². The fraction of sp³-hybridized carbons (Fsp3) is 0.250. The van der Waals surface area contributed by atoms with Crippen molar-refractivity contribution in [2.75, 3.05) is 0 Å². The van der Waals surface area contributed by atoms with Crippen molar-refractivity contribution in [1.82, 2.24) is 15.5 Å². The minimum absolute atomic E-state index is 0.458. The van der Waals surface area contributed by atoms with E-state index in [1.54, 1.807) is 11.3 Å². The Morgan fingerprint density at radius 2 is 1.95 bits per heavy atom. The third-order valence-corrected chi connectivity index (χ3v) is 4.67. The lowest BCUT2D eigenvalue weighted by molar-refractivity contribution is 0.358. The number of nitrogens with zero attached hydrogens (tertiary/aromatic N) is 2. The maximum atomic E-state index is 5.31. The van der Waals surface area contributed by atoms with Gasteiger partial charge in [-0.05, 0) is 35.4 Å². The quantitative estimate of drug-likeness (QED) is 0.804. The first-order valence-corrected chi connectivity index (χ1v) is 7.93. The molecule has 2 aromatic heterocycles. The van der Waals surface area contributed by atoms with Gasteiger partial charge in [0.05, 0.1) is 11.4 Å². The van der Waals surface area contributed by atoms with Crippen LogP contribution in [0.1, 0.15) is 17.0 Å². The highest BCUT2D eigenvalue weighted by Crippen LogP contribution is 2.23. The zero-order valence-electron chi connectivity index (χ0n) is 11.5. The monoisotopic (exact) mass is 297 g/mol. The lowest BCUT2D eigenvalue weighted by Gasteiger charge is -2.08. The Kier molecular flexibility index (Phi) is 3.29. The van der Waals surface area contributed by atoms with Crippen LogP contribution in [0.25, 0.3) is 10.7 Å². The third kappa shape index (κ3) is 2.62. The van der Waals surface area contributed by atoms with Gasteiger partial charge in [0.15, 0.2) is 0 Å². The summed E-state index contributed by atoms with van der Waals surface area (Å²) in [7, 11) is 0. The fourth-order valence-electron chi connectivity index (χ4n) is 2.77. The highest BCUT2D eigenvalue weighted by atomic mass is 32.1. The van der Waals surface area contributed by atoms with Gasteiger partial charge in [0.1, 0.15) is 0 Å². The molecule has 0 unspecified atom stereocenters. The maximum Gasteiger partial charge on any atom is 0.240 e. The van der Waals surface area contributed by atoms with E-state index in [4.69, 9.17) is 4.52 Å². The minimum Gasteiger partial charge on any atom is -0.338 e. The topological polar surface area (TPSA) is 51.0 Å². The molecule has 0 radical (unpaired) electrons. The van der Waals surface area contributed by atoms with Crippen molar-refractivity contribution in [2.24, 2.45) is 0 Å². The maximum absolute atomic E-state index is 5.31. The van der Waals surface area contributed by atoms with Crippen molar-refractivity contribution in [1.29, 1.82) is 0 Å². The zero-order chi connectivity index (χ0) is 14.1. The predicted octanol–water partition coefficient (Wildman–Crippen LogP) is 3.06. The Morgan fingerprint density at radius 1 is 1.14 bits per heavy atom. The summed E-state index contributed by atoms with van der Waals surface area (Å²) in [6.45, 7) is 0.622. The second kappa shape index (κ2) is 5.42. The van der Waals surface area contributed by atoms with E-state index in [1.165, 1.54) is 11.1 Å². The lowest BCUT2D eigenvalue weighted by atomic mass is 10.1. The molecule has 1 aromatic carbocycles. The van der Waals surface area contributed by atoms with Crippen LogP contribution in [0.2, 0.25) is 0 Å². The van der Waals surface area contributed by atoms with Crippen LogP contribution in [0.3, 0.4) is 0 Å². The van der Waals surface area contributed by atoms with Gasteiger partial charge in [0, 0.05) is 6.04 Å². The third-order valence-electron chi connectivity index (χ3n) is 3.80. The average Bonchev–Trinajstić information content (AvgIpc) is 3.23. The molecule has 21 heavy (non-hydrogen) atoms. The molecule has 0 spiro atoms. The second-order valence-electron chi connectivity index (χ2n) is 5.24. The molecule has 0 bridgehead atoms. The van der Waals surface area contributed by atoms with E-state index in [1.807, 2.05) is 17.5 Å². The van der Waals surface area contributed by atoms with Gasteiger partial charge in [-0.25, -0.2) is 0 Å². The molecule has 4 nitrogen and oxygen atoms in total. The van der Waals surface area contributed by atoms with Gasteiger partial charge >= 0.3 is 0 Å². The van der Waals surface area contributed by atoms with E-state index in [9.17, 15) is 0 Å². The van der Waals surface area contributed by atoms with E-state index < -0.39 is 0 Å². The number of hydrogen-bond acceptors (Lipinski definition) is 5. The molecule has 0 fully saturated rings. The molecule has 1 N–H and O–H groups in total. The van der Waals surface area contributed by atoms with Gasteiger partial charge in [-0.2, -0.15) is 4.98 Å². The van der Waals surface area contributed by atoms with Crippen molar-refractivity contribution < 1.29 is 4.52 Å². The molecule has 0 atom stereocenters. The summed E-state index contributed by atoms with van der Waals surface area (Å²) in [4.78, 5) is 5.47. The lowest BCUT2D eigenvalue weighted by Crippen LogP contribution is -2.29. The highest BCUT2D eigenvalue weighted by molar-refractivity contribution is 7.13. The van der Waals surface area contributed by atoms with Gasteiger partial charge < -0.3 is 9.84 Å². The number of rotatable bonds is 4. The Morgan fingerprint density at radius 3 is 2.67 bits per heavy atom. The molecular formula is C16H15N3OS. The van der Waals surface area contributed by atoms with Crippen molar-refractivity contribution in [3.05, 3.63) is 58.8 Å². The van der Waals surface area contributed by atoms with Crippen LogP contribution >= 0.6 is 11.3 Å². The molecule has 1 aliphatic carbocycles. The Balaban J connectivity index is 1.38. The zero-order valence-corrected chi connectivity index (χ0v) is 12.3. The molecule has 1 aliphatic rings. The fourth-order valence-corrected chi connectivity index (χ4v) is 3.42. The molecule has 0 saturated heterocycles. The Bertz CT molecular complexity index is 711. The summed E-state index contributed by atoms with van der Waals surface area (Å²) < 4.78 is 5.31. The molecule has 0 saturated carbocycles. The van der Waals surface area contributed by atoms with Crippen LogP contribution in [-0.2, 0) is 19.4 Å². The number of benzene rings is 1. The Hall–Kier alpha value is -1.98. The summed E-state index contributed by atoms with van der Waals surface area (Å²) in [6, 6.07) is 13.1. The number of thiophene rings is 1. The van der Waals surface area contributed by atoms with E-state index in [-0.39, 0.29) is 0 Å². The van der Waals surface area contributed by atoms with E-state index in [0.717, 1.165) is 17.7 Å². The molecule has 0 amide bonds. The van der Waals surface area contributed by atoms with Crippen molar-refractivity contribution in [2.45, 2.75) is 25.4 Å². The van der Waals surface area contributed by atoms with E-state index in [0.29, 0.717) is 24.3 Å². The summed E-state index contributed by atoms with van der Waals surface area (Å²) in [5.41, 5.74) is 2.89. The normalized spacial score (nSPS) is 14.5. The SMILES string of the molecule is c1csc(-c2noc(CNC3Cc4ccccc4C3)n2)c1. The summed E-state index contributed by atoms with van der Waals surface area (Å²) in [5.74, 6) is 1.32. The van der Waals surface area contributed by atoms with Crippen LogP contribution in [0.15, 0.2) is 46.3 Å². The van der Waals surface area contributed by atoms with Crippen LogP contribution in [0.5, 0.6) is 0 Å². The van der Waals surface area contributed by atoms with Crippen LogP contribution in [-0.4, -0.2) is 16.2 Å². The van der Waals surface area contributed by atoms with Crippen molar-refractivity contribution >= 4 is 11.3 Å². The molecule has 2 heterocycles. The average molecular weight is 297 g/mol. The van der Waals surface area contributed by atoms with Gasteiger partial charge in [-0.3, -0.25) is 0 Å². The smallest absolute Gasteiger partial charge is 0.240 e. The van der Waals surface area contributed by atoms with Gasteiger partial charge in [0.2, 0.25) is 11.7 Å². The summed E-state index contributed by atoms with van der Waals surface area (Å²) in [5, 5.41) is 9.55. The Labute approximate surface area is 126 Å². The first-order valence-electron chi connectivity index (χ1n) is 7.05. The molecular weight excluding hydrogens is 282 g/mol. The first kappa shape index (κ1) is 12.7. The largest absolute Gasteiger partial charge is 0.338 e. The molecule has 0 aliphatic heterocycles. The number of nitrogens with one attached hydrogen (secondary N) is 1. The molecule has 5 heteroatoms.